The van der Waals surface area contributed by atoms with Crippen molar-refractivity contribution in [2.45, 2.75) is 64.1 Å². The maximum atomic E-state index is 12.2. The molecule has 0 bridgehead atoms. The zero-order valence-corrected chi connectivity index (χ0v) is 20.8. The van der Waals surface area contributed by atoms with Crippen molar-refractivity contribution in [1.82, 2.24) is 10.2 Å². The lowest BCUT2D eigenvalue weighted by molar-refractivity contribution is 0.0224. The summed E-state index contributed by atoms with van der Waals surface area (Å²) in [6, 6.07) is 15.1. The Labute approximate surface area is 207 Å². The Kier molecular flexibility index (Phi) is 8.51. The van der Waals surface area contributed by atoms with Crippen LogP contribution in [0.15, 0.2) is 48.5 Å². The van der Waals surface area contributed by atoms with Gasteiger partial charge in [-0.2, -0.15) is 0 Å². The summed E-state index contributed by atoms with van der Waals surface area (Å²) in [6.45, 7) is 7.35. The molecule has 2 heterocycles. The molecule has 35 heavy (non-hydrogen) atoms. The molecule has 2 atom stereocenters. The fraction of sp³-hybridized carbons (Fsp3) is 0.444. The van der Waals surface area contributed by atoms with Gasteiger partial charge in [0.05, 0.1) is 6.04 Å². The highest BCUT2D eigenvalue weighted by atomic mass is 16.6. The van der Waals surface area contributed by atoms with Crippen molar-refractivity contribution < 1.29 is 19.1 Å². The van der Waals surface area contributed by atoms with E-state index in [2.05, 4.69) is 5.32 Å². The number of amides is 3. The van der Waals surface area contributed by atoms with Crippen LogP contribution in [0.1, 0.15) is 90.4 Å². The summed E-state index contributed by atoms with van der Waals surface area (Å²) in [5.41, 5.74) is 13.2. The number of carbonyl (C=O) groups is 3. The van der Waals surface area contributed by atoms with Crippen LogP contribution in [0.5, 0.6) is 0 Å². The molecule has 2 aromatic rings. The zero-order chi connectivity index (χ0) is 25.6. The van der Waals surface area contributed by atoms with Crippen molar-refractivity contribution in [3.05, 3.63) is 70.8 Å². The van der Waals surface area contributed by atoms with E-state index in [0.717, 1.165) is 24.9 Å². The lowest BCUT2D eigenvalue weighted by Gasteiger charge is -2.28. The Bertz CT molecular complexity index is 1020. The number of nitrogens with two attached hydrogens (primary N) is 2. The Balaban J connectivity index is 0.000000211. The highest BCUT2D eigenvalue weighted by Gasteiger charge is 2.33. The molecule has 0 aliphatic carbocycles. The number of carbonyl (C=O) groups excluding carboxylic acids is 3. The van der Waals surface area contributed by atoms with Gasteiger partial charge in [0.2, 0.25) is 11.8 Å². The minimum absolute atomic E-state index is 0.00164. The van der Waals surface area contributed by atoms with Crippen LogP contribution in [-0.2, 0) is 4.74 Å². The topological polar surface area (TPSA) is 128 Å². The van der Waals surface area contributed by atoms with Crippen LogP contribution in [0.25, 0.3) is 0 Å². The summed E-state index contributed by atoms with van der Waals surface area (Å²) in [7, 11) is 0. The van der Waals surface area contributed by atoms with Gasteiger partial charge >= 0.3 is 6.09 Å². The first-order valence-electron chi connectivity index (χ1n) is 12.1. The fourth-order valence-electron chi connectivity index (χ4n) is 4.37. The third-order valence-corrected chi connectivity index (χ3v) is 6.12. The number of ether oxygens (including phenoxy) is 1. The number of rotatable bonds is 4. The van der Waals surface area contributed by atoms with Gasteiger partial charge in [-0.25, -0.2) is 4.79 Å². The Morgan fingerprint density at radius 2 is 1.40 bits per heavy atom. The molecule has 4 rings (SSSR count). The summed E-state index contributed by atoms with van der Waals surface area (Å²) in [5, 5.41) is 3.41. The minimum Gasteiger partial charge on any atom is -0.444 e. The Morgan fingerprint density at radius 1 is 0.857 bits per heavy atom. The van der Waals surface area contributed by atoms with Gasteiger partial charge in [-0.05, 0) is 88.4 Å². The second-order valence-electron chi connectivity index (χ2n) is 9.95. The fourth-order valence-corrected chi connectivity index (χ4v) is 4.37. The number of hydrogen-bond acceptors (Lipinski definition) is 5. The molecule has 5 N–H and O–H groups in total. The number of benzene rings is 2. The molecule has 0 radical (unpaired) electrons. The van der Waals surface area contributed by atoms with Crippen molar-refractivity contribution >= 4 is 17.9 Å². The standard InChI is InChI=1S/C16H22N2O3.C11H14N2O/c1-16(2,3)21-15(20)18-10-4-5-13(18)11-6-8-12(9-7-11)14(17)19;12-11(14)9-5-3-8(4-6-9)10-2-1-7-13-10/h6-9,13H,4-5,10H2,1-3H3,(H2,17,19);3-6,10,13H,1-2,7H2,(H2,12,14)/t13-;/m0./s1. The van der Waals surface area contributed by atoms with Crippen LogP contribution in [0.2, 0.25) is 0 Å². The predicted molar refractivity (Wildman–Crippen MR) is 135 cm³/mol. The van der Waals surface area contributed by atoms with Gasteiger partial charge in [0, 0.05) is 23.7 Å². The Morgan fingerprint density at radius 3 is 1.86 bits per heavy atom. The molecular formula is C27H36N4O4. The van der Waals surface area contributed by atoms with Crippen molar-refractivity contribution in [2.75, 3.05) is 13.1 Å². The molecule has 0 aromatic heterocycles. The minimum atomic E-state index is -0.500. The van der Waals surface area contributed by atoms with E-state index < -0.39 is 11.5 Å². The van der Waals surface area contributed by atoms with Crippen LogP contribution in [0.4, 0.5) is 4.79 Å². The third-order valence-electron chi connectivity index (χ3n) is 6.12. The lowest BCUT2D eigenvalue weighted by atomic mass is 10.0. The first-order valence-corrected chi connectivity index (χ1v) is 12.1. The maximum Gasteiger partial charge on any atom is 0.410 e. The van der Waals surface area contributed by atoms with E-state index in [4.69, 9.17) is 16.2 Å². The highest BCUT2D eigenvalue weighted by molar-refractivity contribution is 5.93. The van der Waals surface area contributed by atoms with E-state index in [9.17, 15) is 14.4 Å². The second-order valence-corrected chi connectivity index (χ2v) is 9.95. The molecule has 2 fully saturated rings. The van der Waals surface area contributed by atoms with E-state index in [1.807, 2.05) is 45.0 Å². The summed E-state index contributed by atoms with van der Waals surface area (Å²) >= 11 is 0. The van der Waals surface area contributed by atoms with Crippen LogP contribution in [0, 0.1) is 0 Å². The normalized spacial score (nSPS) is 19.6. The first-order chi connectivity index (χ1) is 16.5. The molecule has 2 saturated heterocycles. The SMILES string of the molecule is CC(C)(C)OC(=O)N1CCC[C@H]1c1ccc(C(N)=O)cc1.NC(=O)c1ccc(C2CCCN2)cc1. The lowest BCUT2D eigenvalue weighted by Crippen LogP contribution is -2.36. The Hall–Kier alpha value is -3.39. The van der Waals surface area contributed by atoms with Crippen LogP contribution < -0.4 is 16.8 Å². The van der Waals surface area contributed by atoms with E-state index in [1.54, 1.807) is 29.2 Å². The van der Waals surface area contributed by atoms with Crippen LogP contribution in [-0.4, -0.2) is 41.5 Å². The second kappa shape index (κ2) is 11.4. The molecule has 2 aliphatic rings. The van der Waals surface area contributed by atoms with Gasteiger partial charge in [0.15, 0.2) is 0 Å². The van der Waals surface area contributed by atoms with Gasteiger partial charge in [-0.15, -0.1) is 0 Å². The van der Waals surface area contributed by atoms with Crippen molar-refractivity contribution in [2.24, 2.45) is 11.5 Å². The monoisotopic (exact) mass is 480 g/mol. The molecule has 188 valence electrons. The number of nitrogens with one attached hydrogen (secondary N) is 1. The molecule has 8 heteroatoms. The number of primary amides is 2. The molecular weight excluding hydrogens is 444 g/mol. The van der Waals surface area contributed by atoms with E-state index in [0.29, 0.717) is 23.7 Å². The van der Waals surface area contributed by atoms with Crippen molar-refractivity contribution in [1.29, 1.82) is 0 Å². The molecule has 3 amide bonds. The molecule has 1 unspecified atom stereocenters. The largest absolute Gasteiger partial charge is 0.444 e. The van der Waals surface area contributed by atoms with Gasteiger partial charge in [0.1, 0.15) is 5.60 Å². The van der Waals surface area contributed by atoms with Gasteiger partial charge in [-0.3, -0.25) is 9.59 Å². The molecule has 8 nitrogen and oxygen atoms in total. The zero-order valence-electron chi connectivity index (χ0n) is 20.8. The average Bonchev–Trinajstić information content (AvgIpc) is 3.51. The van der Waals surface area contributed by atoms with Crippen molar-refractivity contribution in [3.63, 3.8) is 0 Å². The first kappa shape index (κ1) is 26.2. The van der Waals surface area contributed by atoms with Gasteiger partial charge in [0.25, 0.3) is 0 Å². The number of likely N-dealkylation sites (tertiary alicyclic amines) is 1. The molecule has 0 saturated carbocycles. The number of hydrogen-bond donors (Lipinski definition) is 3. The number of nitrogens with zero attached hydrogens (tertiary/aromatic N) is 1. The summed E-state index contributed by atoms with van der Waals surface area (Å²) < 4.78 is 5.45. The summed E-state index contributed by atoms with van der Waals surface area (Å²) in [4.78, 5) is 35.9. The van der Waals surface area contributed by atoms with Crippen LogP contribution >= 0.6 is 0 Å². The van der Waals surface area contributed by atoms with Gasteiger partial charge < -0.3 is 26.4 Å². The van der Waals surface area contributed by atoms with Crippen molar-refractivity contribution in [3.8, 4) is 0 Å². The predicted octanol–water partition coefficient (Wildman–Crippen LogP) is 4.07. The molecule has 0 spiro atoms. The summed E-state index contributed by atoms with van der Waals surface area (Å²) in [6.07, 6.45) is 3.96. The summed E-state index contributed by atoms with van der Waals surface area (Å²) in [5.74, 6) is -0.812. The maximum absolute atomic E-state index is 12.2. The van der Waals surface area contributed by atoms with Crippen LogP contribution in [0.3, 0.4) is 0 Å². The third kappa shape index (κ3) is 7.29. The quantitative estimate of drug-likeness (QED) is 0.608. The molecule has 2 aromatic carbocycles. The van der Waals surface area contributed by atoms with E-state index in [-0.39, 0.29) is 18.0 Å². The average molecular weight is 481 g/mol. The highest BCUT2D eigenvalue weighted by Crippen LogP contribution is 2.33. The van der Waals surface area contributed by atoms with Gasteiger partial charge in [-0.1, -0.05) is 24.3 Å². The van der Waals surface area contributed by atoms with E-state index in [1.165, 1.54) is 18.4 Å². The van der Waals surface area contributed by atoms with E-state index >= 15 is 0 Å². The molecule has 2 aliphatic heterocycles. The smallest absolute Gasteiger partial charge is 0.410 e.